The van der Waals surface area contributed by atoms with Crippen LogP contribution < -0.4 is 0 Å². The number of hydrogen-bond donors (Lipinski definition) is 2. The molecule has 2 aliphatic rings. The first-order chi connectivity index (χ1) is 19.9. The van der Waals surface area contributed by atoms with Gasteiger partial charge < -0.3 is 24.5 Å². The van der Waals surface area contributed by atoms with E-state index in [1.165, 1.54) is 64.7 Å². The van der Waals surface area contributed by atoms with Crippen molar-refractivity contribution >= 4 is 11.8 Å². The number of aliphatic hydroxyl groups excluding tert-OH is 2. The van der Waals surface area contributed by atoms with Gasteiger partial charge in [0.15, 0.2) is 0 Å². The Morgan fingerprint density at radius 1 is 0.805 bits per heavy atom. The van der Waals surface area contributed by atoms with E-state index in [4.69, 9.17) is 9.47 Å². The van der Waals surface area contributed by atoms with E-state index in [9.17, 15) is 19.8 Å². The van der Waals surface area contributed by atoms with Crippen molar-refractivity contribution in [3.05, 3.63) is 12.2 Å². The highest BCUT2D eigenvalue weighted by molar-refractivity contribution is 5.83. The molecule has 0 radical (unpaired) electrons. The van der Waals surface area contributed by atoms with E-state index in [1.54, 1.807) is 0 Å². The molecular weight excluding hydrogens is 516 g/mol. The van der Waals surface area contributed by atoms with Gasteiger partial charge in [0.05, 0.1) is 30.3 Å². The number of Topliss-reactive ketones (excluding diaryl/α,β-unsaturated/α-hetero) is 1. The van der Waals surface area contributed by atoms with Gasteiger partial charge in [0.25, 0.3) is 0 Å². The van der Waals surface area contributed by atoms with Crippen LogP contribution >= 0.6 is 0 Å². The summed E-state index contributed by atoms with van der Waals surface area (Å²) in [6.07, 6.45) is 27.7. The molecule has 0 aromatic heterocycles. The summed E-state index contributed by atoms with van der Waals surface area (Å²) < 4.78 is 11.5. The smallest absolute Gasteiger partial charge is 0.309 e. The summed E-state index contributed by atoms with van der Waals surface area (Å²) in [4.78, 5) is 23.1. The SMILES string of the molecule is CCCCCCCCCCCCC(O)C1CCC(C(O)CC/C=C/CCCCCCC2CC(CC(C)=O)C(=O)O2)O1. The Morgan fingerprint density at radius 2 is 1.37 bits per heavy atom. The Bertz CT molecular complexity index is 721. The van der Waals surface area contributed by atoms with Gasteiger partial charge in [-0.2, -0.15) is 0 Å². The molecule has 0 bridgehead atoms. The predicted octanol–water partition coefficient (Wildman–Crippen LogP) is 8.15. The van der Waals surface area contributed by atoms with Crippen LogP contribution in [0.5, 0.6) is 0 Å². The zero-order chi connectivity index (χ0) is 29.7. The number of rotatable bonds is 25. The average Bonchev–Trinajstić information content (AvgIpc) is 3.57. The van der Waals surface area contributed by atoms with Crippen LogP contribution in [0.15, 0.2) is 12.2 Å². The van der Waals surface area contributed by atoms with Crippen molar-refractivity contribution in [1.82, 2.24) is 0 Å². The number of esters is 1. The quantitative estimate of drug-likeness (QED) is 0.0645. The minimum atomic E-state index is -0.464. The second-order valence-electron chi connectivity index (χ2n) is 12.8. The van der Waals surface area contributed by atoms with Crippen molar-refractivity contribution in [3.63, 3.8) is 0 Å². The number of allylic oxidation sites excluding steroid dienone is 2. The second kappa shape index (κ2) is 22.3. The molecule has 2 fully saturated rings. The maximum absolute atomic E-state index is 11.8. The molecule has 238 valence electrons. The molecule has 0 aliphatic carbocycles. The fraction of sp³-hybridized carbons (Fsp3) is 0.886. The number of hydrogen-bond acceptors (Lipinski definition) is 6. The third kappa shape index (κ3) is 16.3. The van der Waals surface area contributed by atoms with Crippen molar-refractivity contribution in [3.8, 4) is 0 Å². The molecule has 0 aromatic rings. The van der Waals surface area contributed by atoms with Gasteiger partial charge in [-0.3, -0.25) is 4.79 Å². The molecule has 2 heterocycles. The fourth-order valence-corrected chi connectivity index (χ4v) is 6.37. The van der Waals surface area contributed by atoms with Gasteiger partial charge in [0.2, 0.25) is 0 Å². The number of carbonyl (C=O) groups excluding carboxylic acids is 2. The first kappa shape index (κ1) is 36.0. The minimum Gasteiger partial charge on any atom is -0.462 e. The van der Waals surface area contributed by atoms with Crippen LogP contribution in [-0.2, 0) is 19.1 Å². The zero-order valence-electron chi connectivity index (χ0n) is 26.4. The maximum atomic E-state index is 11.8. The topological polar surface area (TPSA) is 93.1 Å². The number of cyclic esters (lactones) is 1. The lowest BCUT2D eigenvalue weighted by Gasteiger charge is -2.22. The molecule has 0 amide bonds. The first-order valence-electron chi connectivity index (χ1n) is 17.3. The largest absolute Gasteiger partial charge is 0.462 e. The monoisotopic (exact) mass is 578 g/mol. The molecule has 6 unspecified atom stereocenters. The maximum Gasteiger partial charge on any atom is 0.309 e. The summed E-state index contributed by atoms with van der Waals surface area (Å²) in [6, 6.07) is 0. The van der Waals surface area contributed by atoms with E-state index < -0.39 is 12.2 Å². The van der Waals surface area contributed by atoms with E-state index in [2.05, 4.69) is 19.1 Å². The van der Waals surface area contributed by atoms with Gasteiger partial charge in [-0.05, 0) is 71.1 Å². The van der Waals surface area contributed by atoms with Gasteiger partial charge in [-0.1, -0.05) is 96.1 Å². The number of ether oxygens (including phenoxy) is 2. The highest BCUT2D eigenvalue weighted by atomic mass is 16.6. The molecular formula is C35H62O6. The van der Waals surface area contributed by atoms with Crippen LogP contribution in [0, 0.1) is 5.92 Å². The number of unbranched alkanes of at least 4 members (excludes halogenated alkanes) is 13. The lowest BCUT2D eigenvalue weighted by Crippen LogP contribution is -2.30. The van der Waals surface area contributed by atoms with E-state index in [0.717, 1.165) is 70.6 Å². The molecule has 0 aromatic carbocycles. The van der Waals surface area contributed by atoms with Gasteiger partial charge in [0, 0.05) is 6.42 Å². The average molecular weight is 579 g/mol. The number of aliphatic hydroxyl groups is 2. The van der Waals surface area contributed by atoms with E-state index >= 15 is 0 Å². The van der Waals surface area contributed by atoms with E-state index in [0.29, 0.717) is 19.3 Å². The summed E-state index contributed by atoms with van der Waals surface area (Å²) >= 11 is 0. The standard InChI is InChI=1S/C35H62O6/c1-3-4-5-6-7-8-9-13-16-19-22-31(37)33-24-25-34(41-33)32(38)23-20-17-14-11-10-12-15-18-21-30-27-29(26-28(2)36)35(39)40-30/h14,17,29-34,37-38H,3-13,15-16,18-27H2,1-2H3/b17-14+. The fourth-order valence-electron chi connectivity index (χ4n) is 6.37. The third-order valence-electron chi connectivity index (χ3n) is 8.94. The van der Waals surface area contributed by atoms with Crippen molar-refractivity contribution in [2.75, 3.05) is 0 Å². The van der Waals surface area contributed by atoms with E-state index in [1.807, 2.05) is 0 Å². The Balaban J connectivity index is 1.40. The first-order valence-corrected chi connectivity index (χ1v) is 17.3. The molecule has 2 N–H and O–H groups in total. The molecule has 0 saturated carbocycles. The second-order valence-corrected chi connectivity index (χ2v) is 12.8. The third-order valence-corrected chi connectivity index (χ3v) is 8.94. The van der Waals surface area contributed by atoms with Gasteiger partial charge in [0.1, 0.15) is 11.9 Å². The van der Waals surface area contributed by atoms with E-state index in [-0.39, 0.29) is 36.0 Å². The van der Waals surface area contributed by atoms with Crippen LogP contribution in [0.3, 0.4) is 0 Å². The minimum absolute atomic E-state index is 0.00917. The van der Waals surface area contributed by atoms with Crippen LogP contribution in [0.2, 0.25) is 0 Å². The van der Waals surface area contributed by atoms with Crippen molar-refractivity contribution in [2.45, 2.75) is 192 Å². The molecule has 41 heavy (non-hydrogen) atoms. The summed E-state index contributed by atoms with van der Waals surface area (Å²) in [6.45, 7) is 3.79. The Morgan fingerprint density at radius 3 is 2.02 bits per heavy atom. The van der Waals surface area contributed by atoms with Crippen molar-refractivity contribution < 1.29 is 29.3 Å². The van der Waals surface area contributed by atoms with Crippen LogP contribution in [0.25, 0.3) is 0 Å². The summed E-state index contributed by atoms with van der Waals surface area (Å²) in [7, 11) is 0. The van der Waals surface area contributed by atoms with Crippen molar-refractivity contribution in [1.29, 1.82) is 0 Å². The lowest BCUT2D eigenvalue weighted by molar-refractivity contribution is -0.145. The molecule has 2 aliphatic heterocycles. The van der Waals surface area contributed by atoms with Gasteiger partial charge >= 0.3 is 5.97 Å². The highest BCUT2D eigenvalue weighted by Gasteiger charge is 2.35. The number of ketones is 1. The Hall–Kier alpha value is -1.24. The molecule has 6 nitrogen and oxygen atoms in total. The molecule has 2 rings (SSSR count). The lowest BCUT2D eigenvalue weighted by atomic mass is 9.97. The van der Waals surface area contributed by atoms with Crippen LogP contribution in [-0.4, -0.2) is 52.5 Å². The summed E-state index contributed by atoms with van der Waals surface area (Å²) in [5, 5.41) is 21.2. The molecule has 0 spiro atoms. The highest BCUT2D eigenvalue weighted by Crippen LogP contribution is 2.29. The van der Waals surface area contributed by atoms with Crippen molar-refractivity contribution in [2.24, 2.45) is 5.92 Å². The predicted molar refractivity (Wildman–Crippen MR) is 166 cm³/mol. The van der Waals surface area contributed by atoms with Crippen LogP contribution in [0.4, 0.5) is 0 Å². The Kier molecular flexibility index (Phi) is 19.6. The summed E-state index contributed by atoms with van der Waals surface area (Å²) in [5.74, 6) is -0.369. The number of carbonyl (C=O) groups is 2. The Labute approximate surface area is 251 Å². The van der Waals surface area contributed by atoms with Crippen LogP contribution in [0.1, 0.15) is 162 Å². The molecule has 2 saturated heterocycles. The van der Waals surface area contributed by atoms with Gasteiger partial charge in [-0.15, -0.1) is 0 Å². The molecule has 6 heteroatoms. The summed E-state index contributed by atoms with van der Waals surface area (Å²) in [5.41, 5.74) is 0. The normalized spacial score (nSPS) is 24.2. The van der Waals surface area contributed by atoms with Gasteiger partial charge in [-0.25, -0.2) is 0 Å². The molecule has 6 atom stereocenters. The zero-order valence-corrected chi connectivity index (χ0v) is 26.4.